The Labute approximate surface area is 137 Å². The van der Waals surface area contributed by atoms with E-state index >= 15 is 0 Å². The first-order chi connectivity index (χ1) is 10.7. The highest BCUT2D eigenvalue weighted by molar-refractivity contribution is 6.30. The molecular formula is C19H22ClNO. The Morgan fingerprint density at radius 1 is 1.05 bits per heavy atom. The molecule has 1 aliphatic rings. The number of benzene rings is 2. The van der Waals surface area contributed by atoms with Gasteiger partial charge in [-0.1, -0.05) is 54.1 Å². The maximum Gasteiger partial charge on any atom is 0.0909 e. The minimum Gasteiger partial charge on any atom is -0.385 e. The lowest BCUT2D eigenvalue weighted by Gasteiger charge is -2.27. The van der Waals surface area contributed by atoms with Gasteiger partial charge in [0, 0.05) is 11.1 Å². The predicted molar refractivity (Wildman–Crippen MR) is 91.1 cm³/mol. The van der Waals surface area contributed by atoms with Gasteiger partial charge in [0.05, 0.1) is 5.60 Å². The van der Waals surface area contributed by atoms with Gasteiger partial charge >= 0.3 is 0 Å². The summed E-state index contributed by atoms with van der Waals surface area (Å²) in [6.07, 6.45) is 3.49. The molecule has 0 radical (unpaired) electrons. The third-order valence-electron chi connectivity index (χ3n) is 4.58. The van der Waals surface area contributed by atoms with E-state index in [-0.39, 0.29) is 0 Å². The van der Waals surface area contributed by atoms with Crippen LogP contribution < -0.4 is 5.32 Å². The molecule has 2 nitrogen and oxygen atoms in total. The first kappa shape index (κ1) is 15.5. The van der Waals surface area contributed by atoms with Crippen LogP contribution in [-0.2, 0) is 12.0 Å². The van der Waals surface area contributed by atoms with E-state index in [1.165, 1.54) is 5.56 Å². The first-order valence-corrected chi connectivity index (χ1v) is 8.29. The molecule has 3 rings (SSSR count). The fourth-order valence-electron chi connectivity index (χ4n) is 3.24. The highest BCUT2D eigenvalue weighted by Crippen LogP contribution is 2.33. The summed E-state index contributed by atoms with van der Waals surface area (Å²) in [5.74, 6) is 0. The molecule has 1 heterocycles. The summed E-state index contributed by atoms with van der Waals surface area (Å²) >= 11 is 5.95. The van der Waals surface area contributed by atoms with E-state index in [0.29, 0.717) is 11.1 Å². The standard InChI is InChI=1S/C19H22ClNO/c20-17-8-6-16(7-9-17)19(22)11-10-18(21-13-12-19)14-15-4-2-1-3-5-15/h1-9,18,21-22H,10-14H2. The van der Waals surface area contributed by atoms with Crippen LogP contribution in [0.25, 0.3) is 0 Å². The van der Waals surface area contributed by atoms with Gasteiger partial charge in [-0.2, -0.15) is 0 Å². The van der Waals surface area contributed by atoms with Crippen LogP contribution in [0.2, 0.25) is 5.02 Å². The first-order valence-electron chi connectivity index (χ1n) is 7.91. The second-order valence-corrected chi connectivity index (χ2v) is 6.60. The van der Waals surface area contributed by atoms with Crippen LogP contribution >= 0.6 is 11.6 Å². The normalized spacial score (nSPS) is 25.6. The van der Waals surface area contributed by atoms with Gasteiger partial charge in [0.2, 0.25) is 0 Å². The Hall–Kier alpha value is -1.35. The monoisotopic (exact) mass is 315 g/mol. The zero-order valence-electron chi connectivity index (χ0n) is 12.6. The van der Waals surface area contributed by atoms with Crippen molar-refractivity contribution in [3.8, 4) is 0 Å². The van der Waals surface area contributed by atoms with E-state index in [4.69, 9.17) is 11.6 Å². The van der Waals surface area contributed by atoms with Crippen molar-refractivity contribution in [3.05, 3.63) is 70.7 Å². The van der Waals surface area contributed by atoms with Gasteiger partial charge in [-0.15, -0.1) is 0 Å². The van der Waals surface area contributed by atoms with Crippen LogP contribution in [-0.4, -0.2) is 17.7 Å². The lowest BCUT2D eigenvalue weighted by Crippen LogP contribution is -2.30. The molecule has 2 unspecified atom stereocenters. The van der Waals surface area contributed by atoms with Crippen molar-refractivity contribution in [2.24, 2.45) is 0 Å². The lowest BCUT2D eigenvalue weighted by molar-refractivity contribution is 0.0234. The Balaban J connectivity index is 1.67. The number of hydrogen-bond donors (Lipinski definition) is 2. The molecule has 2 aromatic rings. The van der Waals surface area contributed by atoms with E-state index in [2.05, 4.69) is 29.6 Å². The fourth-order valence-corrected chi connectivity index (χ4v) is 3.37. The van der Waals surface area contributed by atoms with E-state index < -0.39 is 5.60 Å². The second-order valence-electron chi connectivity index (χ2n) is 6.17. The fraction of sp³-hybridized carbons (Fsp3) is 0.368. The Kier molecular flexibility index (Phi) is 4.82. The zero-order chi connectivity index (χ0) is 15.4. The Morgan fingerprint density at radius 2 is 1.77 bits per heavy atom. The van der Waals surface area contributed by atoms with Crippen LogP contribution in [0.3, 0.4) is 0 Å². The van der Waals surface area contributed by atoms with E-state index in [9.17, 15) is 5.11 Å². The molecule has 22 heavy (non-hydrogen) atoms. The van der Waals surface area contributed by atoms with Crippen molar-refractivity contribution in [1.29, 1.82) is 0 Å². The molecule has 0 aromatic heterocycles. The van der Waals surface area contributed by atoms with Crippen molar-refractivity contribution in [2.45, 2.75) is 37.3 Å². The smallest absolute Gasteiger partial charge is 0.0909 e. The minimum absolute atomic E-state index is 0.420. The highest BCUT2D eigenvalue weighted by atomic mass is 35.5. The maximum absolute atomic E-state index is 11.0. The molecule has 2 aromatic carbocycles. The molecule has 0 amide bonds. The summed E-state index contributed by atoms with van der Waals surface area (Å²) in [7, 11) is 0. The topological polar surface area (TPSA) is 32.3 Å². The van der Waals surface area contributed by atoms with Gasteiger partial charge in [0.25, 0.3) is 0 Å². The SMILES string of the molecule is OC1(c2ccc(Cl)cc2)CCNC(Cc2ccccc2)CC1. The van der Waals surface area contributed by atoms with Gasteiger partial charge < -0.3 is 10.4 Å². The third kappa shape index (κ3) is 3.70. The molecular weight excluding hydrogens is 294 g/mol. The molecule has 1 aliphatic heterocycles. The summed E-state index contributed by atoms with van der Waals surface area (Å²) < 4.78 is 0. The molecule has 0 bridgehead atoms. The molecule has 0 aliphatic carbocycles. The number of rotatable bonds is 3. The van der Waals surface area contributed by atoms with E-state index in [1.807, 2.05) is 30.3 Å². The van der Waals surface area contributed by atoms with Crippen molar-refractivity contribution < 1.29 is 5.11 Å². The molecule has 3 heteroatoms. The van der Waals surface area contributed by atoms with Gasteiger partial charge in [0.1, 0.15) is 0 Å². The van der Waals surface area contributed by atoms with Crippen molar-refractivity contribution in [2.75, 3.05) is 6.54 Å². The van der Waals surface area contributed by atoms with E-state index in [0.717, 1.165) is 37.8 Å². The number of halogens is 1. The van der Waals surface area contributed by atoms with Crippen LogP contribution in [0.5, 0.6) is 0 Å². The average molecular weight is 316 g/mol. The predicted octanol–water partition coefficient (Wildman–Crippen LogP) is 3.91. The van der Waals surface area contributed by atoms with Crippen molar-refractivity contribution in [1.82, 2.24) is 5.32 Å². The summed E-state index contributed by atoms with van der Waals surface area (Å²) in [5, 5.41) is 15.3. The van der Waals surface area contributed by atoms with Crippen molar-refractivity contribution in [3.63, 3.8) is 0 Å². The van der Waals surface area contributed by atoms with Crippen LogP contribution in [0.1, 0.15) is 30.4 Å². The molecule has 0 spiro atoms. The summed E-state index contributed by atoms with van der Waals surface area (Å²) in [4.78, 5) is 0. The van der Waals surface area contributed by atoms with Gasteiger partial charge in [0.15, 0.2) is 0 Å². The maximum atomic E-state index is 11.0. The van der Waals surface area contributed by atoms with Gasteiger partial charge in [-0.3, -0.25) is 0 Å². The van der Waals surface area contributed by atoms with Gasteiger partial charge in [-0.05, 0) is 55.5 Å². The average Bonchev–Trinajstić information content (AvgIpc) is 2.72. The molecule has 2 N–H and O–H groups in total. The van der Waals surface area contributed by atoms with Gasteiger partial charge in [-0.25, -0.2) is 0 Å². The summed E-state index contributed by atoms with van der Waals surface area (Å²) in [6.45, 7) is 0.830. The molecule has 1 saturated heterocycles. The molecule has 0 saturated carbocycles. The Bertz CT molecular complexity index is 599. The van der Waals surface area contributed by atoms with Crippen LogP contribution in [0.4, 0.5) is 0 Å². The lowest BCUT2D eigenvalue weighted by atomic mass is 9.86. The minimum atomic E-state index is -0.747. The Morgan fingerprint density at radius 3 is 2.50 bits per heavy atom. The molecule has 2 atom stereocenters. The van der Waals surface area contributed by atoms with Crippen LogP contribution in [0.15, 0.2) is 54.6 Å². The largest absolute Gasteiger partial charge is 0.385 e. The molecule has 1 fully saturated rings. The highest BCUT2D eigenvalue weighted by Gasteiger charge is 2.32. The zero-order valence-corrected chi connectivity index (χ0v) is 13.4. The summed E-state index contributed by atoms with van der Waals surface area (Å²) in [5.41, 5.74) is 1.57. The number of aliphatic hydroxyl groups is 1. The summed E-state index contributed by atoms with van der Waals surface area (Å²) in [6, 6.07) is 18.6. The quantitative estimate of drug-likeness (QED) is 0.900. The number of nitrogens with one attached hydrogen (secondary N) is 1. The second kappa shape index (κ2) is 6.82. The van der Waals surface area contributed by atoms with Crippen LogP contribution in [0, 0.1) is 0 Å². The third-order valence-corrected chi connectivity index (χ3v) is 4.84. The molecule has 116 valence electrons. The van der Waals surface area contributed by atoms with Crippen molar-refractivity contribution >= 4 is 11.6 Å². The number of hydrogen-bond acceptors (Lipinski definition) is 2. The van der Waals surface area contributed by atoms with E-state index in [1.54, 1.807) is 0 Å².